The number of rotatable bonds is 5. The number of imide groups is 1. The molecule has 3 atom stereocenters. The molecule has 4 aromatic rings. The van der Waals surface area contributed by atoms with Gasteiger partial charge in [-0.25, -0.2) is 4.90 Å². The van der Waals surface area contributed by atoms with Gasteiger partial charge in [-0.3, -0.25) is 23.7 Å². The maximum Gasteiger partial charge on any atom is 0.308 e. The van der Waals surface area contributed by atoms with Crippen molar-refractivity contribution in [1.82, 2.24) is 4.57 Å². The lowest BCUT2D eigenvalue weighted by molar-refractivity contribution is -0.122. The molecule has 11 heteroatoms. The van der Waals surface area contributed by atoms with E-state index in [9.17, 15) is 19.2 Å². The predicted molar refractivity (Wildman–Crippen MR) is 141 cm³/mol. The van der Waals surface area contributed by atoms with Gasteiger partial charge in [-0.1, -0.05) is 52.9 Å². The number of hydrogen-bond acceptors (Lipinski definition) is 7. The normalized spacial score (nSPS) is 20.6. The Morgan fingerprint density at radius 1 is 0.973 bits per heavy atom. The molecule has 0 radical (unpaired) electrons. The maximum atomic E-state index is 13.7. The number of halogens is 1. The summed E-state index contributed by atoms with van der Waals surface area (Å²) in [6.45, 7) is -0.243. The topological polar surface area (TPSA) is 102 Å². The van der Waals surface area contributed by atoms with Crippen LogP contribution in [0.1, 0.15) is 16.6 Å². The number of benzene rings is 2. The fourth-order valence-electron chi connectivity index (χ4n) is 4.74. The van der Waals surface area contributed by atoms with Crippen molar-refractivity contribution in [2.24, 2.45) is 5.92 Å². The molecule has 1 fully saturated rings. The number of nitrogens with zero attached hydrogens (tertiary/aromatic N) is 2. The molecular weight excluding hydrogens is 534 g/mol. The number of anilines is 2. The van der Waals surface area contributed by atoms with E-state index in [1.165, 1.54) is 15.7 Å². The third-order valence-electron chi connectivity index (χ3n) is 6.34. The molecule has 1 saturated heterocycles. The molecule has 6 rings (SSSR count). The van der Waals surface area contributed by atoms with Crippen LogP contribution in [0.5, 0.6) is 0 Å². The Bertz CT molecular complexity index is 1560. The monoisotopic (exact) mass is 551 g/mol. The van der Waals surface area contributed by atoms with Crippen molar-refractivity contribution < 1.29 is 18.8 Å². The summed E-state index contributed by atoms with van der Waals surface area (Å²) in [6, 6.07) is 18.9. The van der Waals surface area contributed by atoms with Gasteiger partial charge >= 0.3 is 4.87 Å². The van der Waals surface area contributed by atoms with Crippen molar-refractivity contribution in [3.8, 4) is 0 Å². The van der Waals surface area contributed by atoms with Gasteiger partial charge in [-0.05, 0) is 48.5 Å². The largest absolute Gasteiger partial charge is 0.469 e. The van der Waals surface area contributed by atoms with Crippen molar-refractivity contribution in [2.45, 2.75) is 22.7 Å². The third kappa shape index (κ3) is 4.11. The molecular formula is C26H18ClN3O5S2. The van der Waals surface area contributed by atoms with E-state index >= 15 is 0 Å². The van der Waals surface area contributed by atoms with Crippen LogP contribution in [0.3, 0.4) is 0 Å². The van der Waals surface area contributed by atoms with E-state index in [4.69, 9.17) is 16.0 Å². The minimum absolute atomic E-state index is 0.243. The molecule has 186 valence electrons. The smallest absolute Gasteiger partial charge is 0.308 e. The van der Waals surface area contributed by atoms with Gasteiger partial charge in [0, 0.05) is 10.7 Å². The average molecular weight is 552 g/mol. The Hall–Kier alpha value is -3.60. The second-order valence-electron chi connectivity index (χ2n) is 8.58. The first kappa shape index (κ1) is 23.8. The Morgan fingerprint density at radius 3 is 2.43 bits per heavy atom. The van der Waals surface area contributed by atoms with Crippen LogP contribution in [0, 0.1) is 5.92 Å². The molecule has 37 heavy (non-hydrogen) atoms. The summed E-state index contributed by atoms with van der Waals surface area (Å²) < 4.78 is 7.06. The van der Waals surface area contributed by atoms with Crippen LogP contribution in [0.25, 0.3) is 0 Å². The second kappa shape index (κ2) is 9.37. The van der Waals surface area contributed by atoms with Gasteiger partial charge in [0.1, 0.15) is 17.6 Å². The minimum atomic E-state index is -0.769. The summed E-state index contributed by atoms with van der Waals surface area (Å²) in [5, 5.41) is 3.03. The first-order chi connectivity index (χ1) is 17.9. The Balaban J connectivity index is 1.38. The van der Waals surface area contributed by atoms with Gasteiger partial charge in [-0.2, -0.15) is 0 Å². The molecule has 2 aliphatic heterocycles. The third-order valence-corrected chi connectivity index (χ3v) is 9.20. The molecule has 3 unspecified atom stereocenters. The van der Waals surface area contributed by atoms with E-state index in [0.717, 1.165) is 23.1 Å². The summed E-state index contributed by atoms with van der Waals surface area (Å²) in [4.78, 5) is 54.6. The fourth-order valence-corrected chi connectivity index (χ4v) is 7.62. The highest BCUT2D eigenvalue weighted by atomic mass is 35.5. The van der Waals surface area contributed by atoms with Gasteiger partial charge in [0.05, 0.1) is 33.7 Å². The Kier molecular flexibility index (Phi) is 6.02. The summed E-state index contributed by atoms with van der Waals surface area (Å²) >= 11 is 8.04. The number of aromatic nitrogens is 1. The molecule has 2 aromatic carbocycles. The number of hydrogen-bond donors (Lipinski definition) is 1. The van der Waals surface area contributed by atoms with Gasteiger partial charge in [0.15, 0.2) is 0 Å². The van der Waals surface area contributed by atoms with Crippen molar-refractivity contribution in [3.05, 3.63) is 98.3 Å². The lowest BCUT2D eigenvalue weighted by Gasteiger charge is -2.29. The standard InChI is InChI=1S/C26H18ClN3O5S2/c27-14-8-10-15(11-9-14)28-18(31)13-29-25-22(37-26(29)34)19(17-7-4-12-35-17)20-21(36-25)24(33)30(23(20)32)16-5-2-1-3-6-16/h1-12,19-21H,13H2,(H,28,31). The highest BCUT2D eigenvalue weighted by Gasteiger charge is 2.57. The van der Waals surface area contributed by atoms with Crippen LogP contribution in [0.4, 0.5) is 11.4 Å². The summed E-state index contributed by atoms with van der Waals surface area (Å²) in [7, 11) is 0. The summed E-state index contributed by atoms with van der Waals surface area (Å²) in [5.41, 5.74) is 1.04. The minimum Gasteiger partial charge on any atom is -0.469 e. The molecule has 0 aliphatic carbocycles. The number of thioether (sulfide) groups is 1. The molecule has 4 heterocycles. The van der Waals surface area contributed by atoms with Gasteiger partial charge in [-0.15, -0.1) is 0 Å². The quantitative estimate of drug-likeness (QED) is 0.364. The average Bonchev–Trinajstić information content (AvgIpc) is 3.59. The second-order valence-corrected chi connectivity index (χ2v) is 11.1. The number of nitrogens with one attached hydrogen (secondary N) is 1. The van der Waals surface area contributed by atoms with Gasteiger partial charge < -0.3 is 9.73 Å². The van der Waals surface area contributed by atoms with Gasteiger partial charge in [0.25, 0.3) is 0 Å². The number of fused-ring (bicyclic) bond motifs is 2. The highest BCUT2D eigenvalue weighted by molar-refractivity contribution is 8.00. The first-order valence-corrected chi connectivity index (χ1v) is 13.4. The van der Waals surface area contributed by atoms with E-state index in [-0.39, 0.29) is 23.2 Å². The zero-order valence-corrected chi connectivity index (χ0v) is 21.4. The molecule has 0 bridgehead atoms. The molecule has 1 N–H and O–H groups in total. The number of thiazole rings is 1. The zero-order valence-electron chi connectivity index (χ0n) is 19.0. The maximum absolute atomic E-state index is 13.7. The molecule has 2 aliphatic rings. The van der Waals surface area contributed by atoms with E-state index < -0.39 is 23.0 Å². The van der Waals surface area contributed by atoms with Crippen LogP contribution in [0.2, 0.25) is 5.02 Å². The van der Waals surface area contributed by atoms with E-state index in [1.54, 1.807) is 60.7 Å². The molecule has 8 nitrogen and oxygen atoms in total. The summed E-state index contributed by atoms with van der Waals surface area (Å²) in [5.74, 6) is -1.98. The number of furan rings is 1. The fraction of sp³-hybridized carbons (Fsp3) is 0.154. The van der Waals surface area contributed by atoms with E-state index in [0.29, 0.717) is 32.1 Å². The van der Waals surface area contributed by atoms with Crippen molar-refractivity contribution in [2.75, 3.05) is 10.2 Å². The number of carbonyl (C=O) groups is 3. The lowest BCUT2D eigenvalue weighted by Crippen LogP contribution is -2.32. The van der Waals surface area contributed by atoms with Crippen LogP contribution >= 0.6 is 34.7 Å². The van der Waals surface area contributed by atoms with Crippen LogP contribution < -0.4 is 15.1 Å². The Labute approximate surface area is 223 Å². The zero-order chi connectivity index (χ0) is 25.7. The van der Waals surface area contributed by atoms with Gasteiger partial charge in [0.2, 0.25) is 17.7 Å². The van der Waals surface area contributed by atoms with Crippen LogP contribution in [-0.2, 0) is 20.9 Å². The first-order valence-electron chi connectivity index (χ1n) is 11.3. The molecule has 0 saturated carbocycles. The Morgan fingerprint density at radius 2 is 1.73 bits per heavy atom. The molecule has 2 aromatic heterocycles. The highest BCUT2D eigenvalue weighted by Crippen LogP contribution is 2.53. The predicted octanol–water partition coefficient (Wildman–Crippen LogP) is 4.59. The molecule has 0 spiro atoms. The van der Waals surface area contributed by atoms with Crippen molar-refractivity contribution in [1.29, 1.82) is 0 Å². The number of para-hydroxylation sites is 1. The lowest BCUT2D eigenvalue weighted by atomic mass is 9.87. The number of carbonyl (C=O) groups excluding carboxylic acids is 3. The van der Waals surface area contributed by atoms with E-state index in [1.807, 2.05) is 6.07 Å². The van der Waals surface area contributed by atoms with Crippen LogP contribution in [-0.4, -0.2) is 27.5 Å². The number of amides is 3. The molecule has 3 amide bonds. The van der Waals surface area contributed by atoms with Crippen LogP contribution in [0.15, 0.2) is 87.2 Å². The van der Waals surface area contributed by atoms with Crippen molar-refractivity contribution in [3.63, 3.8) is 0 Å². The van der Waals surface area contributed by atoms with Crippen molar-refractivity contribution >= 4 is 63.8 Å². The summed E-state index contributed by atoms with van der Waals surface area (Å²) in [6.07, 6.45) is 1.50. The van der Waals surface area contributed by atoms with E-state index in [2.05, 4.69) is 5.32 Å². The SMILES string of the molecule is O=C(Cn1c2c(sc1=O)C(c1ccco1)C1C(=O)N(c3ccccc3)C(=O)C1S2)Nc1ccc(Cl)cc1.